The first-order valence-electron chi connectivity index (χ1n) is 4.64. The number of benzene rings is 1. The Kier molecular flexibility index (Phi) is 3.73. The Morgan fingerprint density at radius 3 is 2.53 bits per heavy atom. The fraction of sp³-hybridized carbons (Fsp3) is 0.455. The number of rotatable bonds is 3. The second-order valence-electron chi connectivity index (χ2n) is 4.26. The van der Waals surface area contributed by atoms with Crippen molar-refractivity contribution in [2.45, 2.75) is 25.8 Å². The molecule has 15 heavy (non-hydrogen) atoms. The monoisotopic (exact) mass is 275 g/mol. The van der Waals surface area contributed by atoms with Crippen LogP contribution in [0.2, 0.25) is 0 Å². The molecule has 0 heterocycles. The molecule has 0 aromatic heterocycles. The number of halogens is 2. The summed E-state index contributed by atoms with van der Waals surface area (Å²) in [6, 6.07) is 3.40. The molecule has 4 heteroatoms. The summed E-state index contributed by atoms with van der Waals surface area (Å²) in [6.45, 7) is 3.85. The molecule has 0 aliphatic rings. The van der Waals surface area contributed by atoms with Gasteiger partial charge >= 0.3 is 0 Å². The van der Waals surface area contributed by atoms with E-state index in [4.69, 9.17) is 10.5 Å². The summed E-state index contributed by atoms with van der Waals surface area (Å²) in [5, 5.41) is 0. The highest BCUT2D eigenvalue weighted by Gasteiger charge is 2.15. The van der Waals surface area contributed by atoms with Crippen LogP contribution >= 0.6 is 15.9 Å². The van der Waals surface area contributed by atoms with Gasteiger partial charge in [0.2, 0.25) is 0 Å². The van der Waals surface area contributed by atoms with Crippen LogP contribution in [0.4, 0.5) is 4.39 Å². The number of hydrogen-bond donors (Lipinski definition) is 1. The van der Waals surface area contributed by atoms with Crippen LogP contribution in [0.5, 0.6) is 5.75 Å². The number of hydrogen-bond acceptors (Lipinski definition) is 2. The van der Waals surface area contributed by atoms with Gasteiger partial charge in [0, 0.05) is 5.54 Å². The largest absolute Gasteiger partial charge is 0.494 e. The second-order valence-corrected chi connectivity index (χ2v) is 5.11. The first kappa shape index (κ1) is 12.5. The lowest BCUT2D eigenvalue weighted by Crippen LogP contribution is -2.34. The van der Waals surface area contributed by atoms with Gasteiger partial charge in [-0.3, -0.25) is 0 Å². The van der Waals surface area contributed by atoms with Crippen molar-refractivity contribution in [3.8, 4) is 5.75 Å². The molecule has 0 saturated carbocycles. The third-order valence-corrected chi connectivity index (χ3v) is 2.51. The van der Waals surface area contributed by atoms with Crippen molar-refractivity contribution in [3.05, 3.63) is 28.0 Å². The zero-order valence-electron chi connectivity index (χ0n) is 9.10. The number of methoxy groups -OCH3 is 1. The highest BCUT2D eigenvalue weighted by molar-refractivity contribution is 9.10. The standard InChI is InChI=1S/C11H15BrFNO/c1-11(2,14)6-7-4-8(12)10(13)9(5-7)15-3/h4-5H,6,14H2,1-3H3. The molecule has 84 valence electrons. The van der Waals surface area contributed by atoms with Crippen molar-refractivity contribution in [1.29, 1.82) is 0 Å². The first-order valence-corrected chi connectivity index (χ1v) is 5.43. The molecule has 0 unspecified atom stereocenters. The van der Waals surface area contributed by atoms with E-state index < -0.39 is 0 Å². The van der Waals surface area contributed by atoms with Gasteiger partial charge in [-0.15, -0.1) is 0 Å². The van der Waals surface area contributed by atoms with Gasteiger partial charge in [-0.1, -0.05) is 0 Å². The maximum absolute atomic E-state index is 13.4. The Balaban J connectivity index is 3.06. The van der Waals surface area contributed by atoms with Crippen LogP contribution in [-0.2, 0) is 6.42 Å². The molecule has 1 aromatic carbocycles. The predicted octanol–water partition coefficient (Wildman–Crippen LogP) is 2.88. The summed E-state index contributed by atoms with van der Waals surface area (Å²) in [4.78, 5) is 0. The lowest BCUT2D eigenvalue weighted by molar-refractivity contribution is 0.384. The maximum atomic E-state index is 13.4. The zero-order chi connectivity index (χ0) is 11.6. The van der Waals surface area contributed by atoms with Crippen molar-refractivity contribution in [3.63, 3.8) is 0 Å². The molecular weight excluding hydrogens is 261 g/mol. The van der Waals surface area contributed by atoms with Crippen LogP contribution < -0.4 is 10.5 Å². The van der Waals surface area contributed by atoms with Crippen molar-refractivity contribution in [1.82, 2.24) is 0 Å². The Hall–Kier alpha value is -0.610. The van der Waals surface area contributed by atoms with E-state index in [9.17, 15) is 4.39 Å². The molecular formula is C11H15BrFNO. The summed E-state index contributed by atoms with van der Waals surface area (Å²) >= 11 is 3.15. The van der Waals surface area contributed by atoms with Crippen LogP contribution in [0.3, 0.4) is 0 Å². The van der Waals surface area contributed by atoms with Gasteiger partial charge in [0.15, 0.2) is 11.6 Å². The quantitative estimate of drug-likeness (QED) is 0.921. The van der Waals surface area contributed by atoms with E-state index in [1.807, 2.05) is 13.8 Å². The fourth-order valence-corrected chi connectivity index (χ4v) is 1.88. The summed E-state index contributed by atoms with van der Waals surface area (Å²) < 4.78 is 18.8. The molecule has 1 aromatic rings. The third-order valence-electron chi connectivity index (χ3n) is 1.93. The molecule has 0 aliphatic carbocycles. The van der Waals surface area contributed by atoms with Crippen LogP contribution in [0.1, 0.15) is 19.4 Å². The van der Waals surface area contributed by atoms with Crippen LogP contribution in [0.25, 0.3) is 0 Å². The Bertz CT molecular complexity index is 360. The lowest BCUT2D eigenvalue weighted by atomic mass is 9.96. The average molecular weight is 276 g/mol. The minimum Gasteiger partial charge on any atom is -0.494 e. The fourth-order valence-electron chi connectivity index (χ4n) is 1.39. The Labute approximate surface area is 97.7 Å². The SMILES string of the molecule is COc1cc(CC(C)(C)N)cc(Br)c1F. The van der Waals surface area contributed by atoms with Crippen LogP contribution in [-0.4, -0.2) is 12.6 Å². The van der Waals surface area contributed by atoms with Crippen molar-refractivity contribution >= 4 is 15.9 Å². The van der Waals surface area contributed by atoms with Crippen molar-refractivity contribution in [2.75, 3.05) is 7.11 Å². The number of ether oxygens (including phenoxy) is 1. The zero-order valence-corrected chi connectivity index (χ0v) is 10.7. The van der Waals surface area contributed by atoms with E-state index in [0.717, 1.165) is 5.56 Å². The van der Waals surface area contributed by atoms with E-state index in [2.05, 4.69) is 15.9 Å². The van der Waals surface area contributed by atoms with Gasteiger partial charge in [0.25, 0.3) is 0 Å². The highest BCUT2D eigenvalue weighted by atomic mass is 79.9. The van der Waals surface area contributed by atoms with E-state index in [0.29, 0.717) is 10.9 Å². The Morgan fingerprint density at radius 2 is 2.07 bits per heavy atom. The van der Waals surface area contributed by atoms with Gasteiger partial charge < -0.3 is 10.5 Å². The predicted molar refractivity (Wildman–Crippen MR) is 62.6 cm³/mol. The molecule has 0 fully saturated rings. The molecule has 0 spiro atoms. The molecule has 0 bridgehead atoms. The molecule has 0 amide bonds. The molecule has 2 nitrogen and oxygen atoms in total. The molecule has 0 atom stereocenters. The molecule has 2 N–H and O–H groups in total. The van der Waals surface area contributed by atoms with Crippen molar-refractivity contribution in [2.24, 2.45) is 5.73 Å². The first-order chi connectivity index (χ1) is 6.83. The van der Waals surface area contributed by atoms with E-state index in [-0.39, 0.29) is 17.1 Å². The summed E-state index contributed by atoms with van der Waals surface area (Å²) in [7, 11) is 1.45. The normalized spacial score (nSPS) is 11.6. The van der Waals surface area contributed by atoms with Gasteiger partial charge in [-0.25, -0.2) is 4.39 Å². The minimum atomic E-state index is -0.379. The molecule has 0 aliphatic heterocycles. The van der Waals surface area contributed by atoms with Crippen LogP contribution in [0.15, 0.2) is 16.6 Å². The number of nitrogens with two attached hydrogens (primary N) is 1. The lowest BCUT2D eigenvalue weighted by Gasteiger charge is -2.19. The Morgan fingerprint density at radius 1 is 1.47 bits per heavy atom. The van der Waals surface area contributed by atoms with Gasteiger partial charge in [-0.05, 0) is 53.9 Å². The van der Waals surface area contributed by atoms with Gasteiger partial charge in [0.1, 0.15) is 0 Å². The average Bonchev–Trinajstić information content (AvgIpc) is 2.08. The smallest absolute Gasteiger partial charge is 0.179 e. The highest BCUT2D eigenvalue weighted by Crippen LogP contribution is 2.28. The van der Waals surface area contributed by atoms with E-state index in [1.165, 1.54) is 7.11 Å². The molecule has 1 rings (SSSR count). The van der Waals surface area contributed by atoms with E-state index in [1.54, 1.807) is 12.1 Å². The summed E-state index contributed by atoms with van der Waals surface area (Å²) in [5.41, 5.74) is 6.53. The van der Waals surface area contributed by atoms with E-state index >= 15 is 0 Å². The molecule has 0 radical (unpaired) electrons. The second kappa shape index (κ2) is 4.49. The van der Waals surface area contributed by atoms with Crippen molar-refractivity contribution < 1.29 is 9.13 Å². The van der Waals surface area contributed by atoms with Crippen LogP contribution in [0, 0.1) is 5.82 Å². The topological polar surface area (TPSA) is 35.2 Å². The summed E-state index contributed by atoms with van der Waals surface area (Å²) in [6.07, 6.45) is 0.669. The maximum Gasteiger partial charge on any atom is 0.179 e. The minimum absolute atomic E-state index is 0.239. The summed E-state index contributed by atoms with van der Waals surface area (Å²) in [5.74, 6) is -0.139. The third kappa shape index (κ3) is 3.47. The van der Waals surface area contributed by atoms with Gasteiger partial charge in [-0.2, -0.15) is 0 Å². The molecule has 0 saturated heterocycles. The van der Waals surface area contributed by atoms with Gasteiger partial charge in [0.05, 0.1) is 11.6 Å².